The molecule has 2 aromatic rings. The molecule has 4 nitrogen and oxygen atoms in total. The zero-order valence-corrected chi connectivity index (χ0v) is 12.3. The summed E-state index contributed by atoms with van der Waals surface area (Å²) < 4.78 is 5.45. The summed E-state index contributed by atoms with van der Waals surface area (Å²) in [5, 5.41) is 13.5. The zero-order valence-electron chi connectivity index (χ0n) is 11.5. The third-order valence-corrected chi connectivity index (χ3v) is 3.48. The molecule has 0 radical (unpaired) electrons. The number of benzene rings is 1. The van der Waals surface area contributed by atoms with Crippen LogP contribution in [0.3, 0.4) is 0 Å². The van der Waals surface area contributed by atoms with Crippen molar-refractivity contribution < 1.29 is 14.3 Å². The van der Waals surface area contributed by atoms with Gasteiger partial charge in [0.25, 0.3) is 0 Å². The largest absolute Gasteiger partial charge is 0.480 e. The van der Waals surface area contributed by atoms with E-state index in [1.807, 2.05) is 38.1 Å². The maximum absolute atomic E-state index is 11.2. The average molecular weight is 296 g/mol. The molecule has 0 bridgehead atoms. The lowest BCUT2D eigenvalue weighted by Gasteiger charge is -2.16. The van der Waals surface area contributed by atoms with E-state index in [0.717, 1.165) is 10.9 Å². The van der Waals surface area contributed by atoms with Crippen molar-refractivity contribution in [3.05, 3.63) is 35.0 Å². The minimum atomic E-state index is -0.845. The Balaban J connectivity index is 2.15. The van der Waals surface area contributed by atoms with Gasteiger partial charge in [-0.3, -0.25) is 4.79 Å². The van der Waals surface area contributed by atoms with Gasteiger partial charge in [0.1, 0.15) is 11.6 Å². The van der Waals surface area contributed by atoms with E-state index in [1.54, 1.807) is 0 Å². The van der Waals surface area contributed by atoms with Crippen molar-refractivity contribution in [2.45, 2.75) is 32.9 Å². The van der Waals surface area contributed by atoms with E-state index in [4.69, 9.17) is 16.0 Å². The lowest BCUT2D eigenvalue weighted by molar-refractivity contribution is -0.140. The van der Waals surface area contributed by atoms with E-state index in [1.165, 1.54) is 0 Å². The molecule has 0 aliphatic carbocycles. The van der Waals surface area contributed by atoms with Crippen molar-refractivity contribution >= 4 is 28.5 Å². The Morgan fingerprint density at radius 1 is 1.40 bits per heavy atom. The van der Waals surface area contributed by atoms with Crippen LogP contribution in [0.25, 0.3) is 11.0 Å². The van der Waals surface area contributed by atoms with Gasteiger partial charge < -0.3 is 14.8 Å². The molecule has 0 saturated carbocycles. The third-order valence-electron chi connectivity index (χ3n) is 3.18. The Bertz CT molecular complexity index is 606. The minimum absolute atomic E-state index is 0.306. The topological polar surface area (TPSA) is 62.5 Å². The SMILES string of the molecule is CC(C)CC(NCc1c(Cl)oc2ccccc12)C(=O)O. The third kappa shape index (κ3) is 3.32. The second-order valence-electron chi connectivity index (χ2n) is 5.25. The van der Waals surface area contributed by atoms with Gasteiger partial charge in [0.2, 0.25) is 0 Å². The van der Waals surface area contributed by atoms with Crippen LogP contribution in [0, 0.1) is 5.92 Å². The Kier molecular flexibility index (Phi) is 4.68. The summed E-state index contributed by atoms with van der Waals surface area (Å²) in [6, 6.07) is 6.95. The van der Waals surface area contributed by atoms with Gasteiger partial charge in [0, 0.05) is 17.5 Å². The van der Waals surface area contributed by atoms with Crippen LogP contribution in [0.1, 0.15) is 25.8 Å². The molecule has 1 heterocycles. The maximum atomic E-state index is 11.2. The molecule has 0 spiro atoms. The van der Waals surface area contributed by atoms with E-state index < -0.39 is 12.0 Å². The number of halogens is 1. The first-order valence-corrected chi connectivity index (χ1v) is 6.99. The summed E-state index contributed by atoms with van der Waals surface area (Å²) in [7, 11) is 0. The number of carboxylic acids is 1. The van der Waals surface area contributed by atoms with Gasteiger partial charge in [-0.25, -0.2) is 0 Å². The van der Waals surface area contributed by atoms with E-state index in [2.05, 4.69) is 5.32 Å². The lowest BCUT2D eigenvalue weighted by atomic mass is 10.0. The fourth-order valence-corrected chi connectivity index (χ4v) is 2.45. The molecule has 1 unspecified atom stereocenters. The van der Waals surface area contributed by atoms with Crippen LogP contribution in [0.4, 0.5) is 0 Å². The molecular weight excluding hydrogens is 278 g/mol. The molecule has 20 heavy (non-hydrogen) atoms. The smallest absolute Gasteiger partial charge is 0.320 e. The second kappa shape index (κ2) is 6.29. The van der Waals surface area contributed by atoms with E-state index in [-0.39, 0.29) is 0 Å². The van der Waals surface area contributed by atoms with Gasteiger partial charge >= 0.3 is 5.97 Å². The highest BCUT2D eigenvalue weighted by atomic mass is 35.5. The van der Waals surface area contributed by atoms with Crippen LogP contribution in [-0.4, -0.2) is 17.1 Å². The predicted molar refractivity (Wildman–Crippen MR) is 78.9 cm³/mol. The standard InChI is InChI=1S/C15H18ClNO3/c1-9(2)7-12(15(18)19)17-8-11-10-5-3-4-6-13(10)20-14(11)16/h3-6,9,12,17H,7-8H2,1-2H3,(H,18,19). The Labute approximate surface area is 122 Å². The number of fused-ring (bicyclic) bond motifs is 1. The van der Waals surface area contributed by atoms with Gasteiger partial charge in [-0.05, 0) is 30.0 Å². The number of aliphatic carboxylic acids is 1. The molecule has 0 fully saturated rings. The monoisotopic (exact) mass is 295 g/mol. The Morgan fingerprint density at radius 3 is 2.75 bits per heavy atom. The molecule has 0 saturated heterocycles. The number of nitrogens with one attached hydrogen (secondary N) is 1. The lowest BCUT2D eigenvalue weighted by Crippen LogP contribution is -2.37. The molecule has 2 rings (SSSR count). The van der Waals surface area contributed by atoms with Crippen molar-refractivity contribution in [3.8, 4) is 0 Å². The number of hydrogen-bond donors (Lipinski definition) is 2. The number of carbonyl (C=O) groups is 1. The quantitative estimate of drug-likeness (QED) is 0.853. The second-order valence-corrected chi connectivity index (χ2v) is 5.60. The molecule has 1 aromatic heterocycles. The summed E-state index contributed by atoms with van der Waals surface area (Å²) in [4.78, 5) is 11.2. The van der Waals surface area contributed by atoms with Crippen LogP contribution >= 0.6 is 11.6 Å². The Morgan fingerprint density at radius 2 is 2.10 bits per heavy atom. The van der Waals surface area contributed by atoms with Crippen LogP contribution in [0.2, 0.25) is 5.22 Å². The first kappa shape index (κ1) is 14.9. The molecule has 5 heteroatoms. The van der Waals surface area contributed by atoms with Crippen molar-refractivity contribution in [1.82, 2.24) is 5.32 Å². The highest BCUT2D eigenvalue weighted by Gasteiger charge is 2.20. The fourth-order valence-electron chi connectivity index (χ4n) is 2.20. The molecule has 0 aliphatic heterocycles. The molecule has 2 N–H and O–H groups in total. The van der Waals surface area contributed by atoms with E-state index >= 15 is 0 Å². The average Bonchev–Trinajstić information content (AvgIpc) is 2.69. The summed E-state index contributed by atoms with van der Waals surface area (Å²) in [6.07, 6.45) is 0.572. The number of para-hydroxylation sites is 1. The van der Waals surface area contributed by atoms with Gasteiger partial charge in [-0.2, -0.15) is 0 Å². The number of rotatable bonds is 6. The summed E-state index contributed by atoms with van der Waals surface area (Å²) in [5.74, 6) is -0.539. The molecule has 1 aromatic carbocycles. The fraction of sp³-hybridized carbons (Fsp3) is 0.400. The van der Waals surface area contributed by atoms with Gasteiger partial charge in [0.05, 0.1) is 0 Å². The van der Waals surface area contributed by atoms with Crippen molar-refractivity contribution in [3.63, 3.8) is 0 Å². The summed E-state index contributed by atoms with van der Waals surface area (Å²) in [6.45, 7) is 4.37. The van der Waals surface area contributed by atoms with Crippen molar-refractivity contribution in [2.24, 2.45) is 5.92 Å². The molecule has 0 amide bonds. The number of furan rings is 1. The van der Waals surface area contributed by atoms with Crippen LogP contribution in [0.15, 0.2) is 28.7 Å². The number of hydrogen-bond acceptors (Lipinski definition) is 3. The first-order valence-electron chi connectivity index (χ1n) is 6.61. The zero-order chi connectivity index (χ0) is 14.7. The number of carboxylic acid groups (broad SMARTS) is 1. The maximum Gasteiger partial charge on any atom is 0.320 e. The van der Waals surface area contributed by atoms with Crippen LogP contribution < -0.4 is 5.32 Å². The highest BCUT2D eigenvalue weighted by Crippen LogP contribution is 2.29. The van der Waals surface area contributed by atoms with Crippen molar-refractivity contribution in [2.75, 3.05) is 0 Å². The van der Waals surface area contributed by atoms with Crippen LogP contribution in [0.5, 0.6) is 0 Å². The summed E-state index contributed by atoms with van der Waals surface area (Å²) >= 11 is 6.08. The Hall–Kier alpha value is -1.52. The van der Waals surface area contributed by atoms with E-state index in [0.29, 0.717) is 29.7 Å². The molecule has 1 atom stereocenters. The predicted octanol–water partition coefficient (Wildman–Crippen LogP) is 3.68. The van der Waals surface area contributed by atoms with Crippen molar-refractivity contribution in [1.29, 1.82) is 0 Å². The molecule has 108 valence electrons. The van der Waals surface area contributed by atoms with Gasteiger partial charge in [0.15, 0.2) is 5.22 Å². The minimum Gasteiger partial charge on any atom is -0.480 e. The van der Waals surface area contributed by atoms with Crippen LogP contribution in [-0.2, 0) is 11.3 Å². The highest BCUT2D eigenvalue weighted by molar-refractivity contribution is 6.30. The first-order chi connectivity index (χ1) is 9.49. The molecular formula is C15H18ClNO3. The molecule has 0 aliphatic rings. The van der Waals surface area contributed by atoms with Gasteiger partial charge in [-0.1, -0.05) is 32.0 Å². The normalized spacial score (nSPS) is 13.0. The van der Waals surface area contributed by atoms with Gasteiger partial charge in [-0.15, -0.1) is 0 Å². The summed E-state index contributed by atoms with van der Waals surface area (Å²) in [5.41, 5.74) is 1.52. The van der Waals surface area contributed by atoms with E-state index in [9.17, 15) is 9.90 Å².